The van der Waals surface area contributed by atoms with Crippen molar-refractivity contribution in [3.8, 4) is 11.3 Å². The van der Waals surface area contributed by atoms with Gasteiger partial charge in [0.05, 0.1) is 16.8 Å². The summed E-state index contributed by atoms with van der Waals surface area (Å²) in [5, 5.41) is 14.5. The van der Waals surface area contributed by atoms with Crippen molar-refractivity contribution >= 4 is 45.0 Å². The maximum Gasteiger partial charge on any atom is 0.210 e. The van der Waals surface area contributed by atoms with Crippen LogP contribution in [0.1, 0.15) is 5.01 Å². The van der Waals surface area contributed by atoms with Gasteiger partial charge in [-0.3, -0.25) is 0 Å². The molecule has 3 aromatic carbocycles. The zero-order chi connectivity index (χ0) is 20.2. The molecule has 0 bridgehead atoms. The van der Waals surface area contributed by atoms with Crippen LogP contribution in [-0.2, 0) is 5.75 Å². The highest BCUT2D eigenvalue weighted by Crippen LogP contribution is 2.33. The minimum atomic E-state index is 0.682. The number of thioether (sulfide) groups is 1. The third-order valence-electron chi connectivity index (χ3n) is 4.41. The summed E-state index contributed by atoms with van der Waals surface area (Å²) in [5.41, 5.74) is 4.74. The molecule has 0 spiro atoms. The number of rotatable bonds is 6. The largest absolute Gasteiger partial charge is 0.330 e. The van der Waals surface area contributed by atoms with Crippen molar-refractivity contribution in [1.82, 2.24) is 20.2 Å². The lowest BCUT2D eigenvalue weighted by molar-refractivity contribution is 1.04. The Balaban J connectivity index is 1.40. The summed E-state index contributed by atoms with van der Waals surface area (Å²) in [6, 6.07) is 28.1. The Morgan fingerprint density at radius 3 is 2.17 bits per heavy atom. The summed E-state index contributed by atoms with van der Waals surface area (Å²) in [4.78, 5) is 9.77. The number of benzene rings is 3. The number of nitrogens with one attached hydrogen (secondary N) is 1. The number of para-hydroxylation sites is 3. The van der Waals surface area contributed by atoms with Crippen LogP contribution in [-0.4, -0.2) is 20.2 Å². The normalized spacial score (nSPS) is 10.9. The van der Waals surface area contributed by atoms with Crippen LogP contribution in [0, 0.1) is 0 Å². The van der Waals surface area contributed by atoms with Crippen molar-refractivity contribution in [1.29, 1.82) is 0 Å². The molecule has 0 saturated carbocycles. The summed E-state index contributed by atoms with van der Waals surface area (Å²) in [5.74, 6) is 0.682. The van der Waals surface area contributed by atoms with Gasteiger partial charge in [0.2, 0.25) is 5.13 Å². The second kappa shape index (κ2) is 8.61. The molecule has 0 aliphatic carbocycles. The minimum Gasteiger partial charge on any atom is -0.330 e. The van der Waals surface area contributed by atoms with Crippen LogP contribution >= 0.6 is 23.1 Å². The van der Waals surface area contributed by atoms with Gasteiger partial charge in [0, 0.05) is 11.3 Å². The van der Waals surface area contributed by atoms with Crippen LogP contribution in [0.5, 0.6) is 0 Å². The predicted molar refractivity (Wildman–Crippen MR) is 124 cm³/mol. The van der Waals surface area contributed by atoms with Gasteiger partial charge < -0.3 is 5.32 Å². The lowest BCUT2D eigenvalue weighted by Gasteiger charge is -2.09. The molecule has 0 amide bonds. The number of aromatic nitrogens is 4. The first kappa shape index (κ1) is 18.7. The van der Waals surface area contributed by atoms with Gasteiger partial charge in [0.25, 0.3) is 0 Å². The quantitative estimate of drug-likeness (QED) is 0.326. The van der Waals surface area contributed by atoms with Crippen LogP contribution in [0.25, 0.3) is 22.3 Å². The van der Waals surface area contributed by atoms with Crippen LogP contribution in [0.15, 0.2) is 90.0 Å². The number of hydrogen-bond donors (Lipinski definition) is 1. The van der Waals surface area contributed by atoms with Crippen LogP contribution in [0.2, 0.25) is 0 Å². The van der Waals surface area contributed by atoms with Gasteiger partial charge in [-0.1, -0.05) is 83.8 Å². The number of hydrogen-bond acceptors (Lipinski definition) is 7. The zero-order valence-corrected chi connectivity index (χ0v) is 17.5. The Hall–Kier alpha value is -3.29. The molecule has 0 aliphatic rings. The molecule has 0 radical (unpaired) electrons. The third kappa shape index (κ3) is 4.17. The van der Waals surface area contributed by atoms with Crippen molar-refractivity contribution in [2.24, 2.45) is 0 Å². The predicted octanol–water partition coefficient (Wildman–Crippen LogP) is 6.18. The summed E-state index contributed by atoms with van der Waals surface area (Å²) >= 11 is 3.19. The van der Waals surface area contributed by atoms with E-state index in [-0.39, 0.29) is 0 Å². The van der Waals surface area contributed by atoms with Gasteiger partial charge in [0.15, 0.2) is 0 Å². The molecule has 0 fully saturated rings. The van der Waals surface area contributed by atoms with E-state index >= 15 is 0 Å². The van der Waals surface area contributed by atoms with E-state index in [9.17, 15) is 0 Å². The van der Waals surface area contributed by atoms with Gasteiger partial charge in [-0.05, 0) is 24.3 Å². The van der Waals surface area contributed by atoms with Crippen molar-refractivity contribution < 1.29 is 0 Å². The van der Waals surface area contributed by atoms with E-state index in [0.717, 1.165) is 43.1 Å². The number of nitrogens with zero attached hydrogens (tertiary/aromatic N) is 4. The second-order valence-corrected chi connectivity index (χ2v) is 8.54. The van der Waals surface area contributed by atoms with Gasteiger partial charge in [0.1, 0.15) is 15.7 Å². The molecule has 2 aromatic heterocycles. The fourth-order valence-electron chi connectivity index (χ4n) is 3.01. The number of fused-ring (bicyclic) bond motifs is 1. The molecule has 146 valence electrons. The Morgan fingerprint density at radius 2 is 1.40 bits per heavy atom. The van der Waals surface area contributed by atoms with Crippen LogP contribution in [0.3, 0.4) is 0 Å². The first-order valence-electron chi connectivity index (χ1n) is 9.44. The average Bonchev–Trinajstić information content (AvgIpc) is 3.25. The van der Waals surface area contributed by atoms with E-state index in [0.29, 0.717) is 5.75 Å². The SMILES string of the molecule is c1ccc(Nc2nnc(CSc3nc4ccccc4nc3-c3ccccc3)s2)cc1. The van der Waals surface area contributed by atoms with E-state index in [1.165, 1.54) is 0 Å². The van der Waals surface area contributed by atoms with Gasteiger partial charge >= 0.3 is 0 Å². The minimum absolute atomic E-state index is 0.682. The molecular weight excluding hydrogens is 410 g/mol. The highest BCUT2D eigenvalue weighted by molar-refractivity contribution is 7.98. The maximum atomic E-state index is 4.89. The monoisotopic (exact) mass is 427 g/mol. The Labute approximate surface area is 182 Å². The van der Waals surface area contributed by atoms with Crippen molar-refractivity contribution in [3.05, 3.63) is 89.9 Å². The van der Waals surface area contributed by atoms with E-state index in [4.69, 9.17) is 9.97 Å². The molecular formula is C23H17N5S2. The van der Waals surface area contributed by atoms with Crippen molar-refractivity contribution in [3.63, 3.8) is 0 Å². The molecule has 0 saturated heterocycles. The third-order valence-corrected chi connectivity index (χ3v) is 6.41. The van der Waals surface area contributed by atoms with Crippen molar-refractivity contribution in [2.45, 2.75) is 10.8 Å². The molecule has 1 N–H and O–H groups in total. The van der Waals surface area contributed by atoms with E-state index < -0.39 is 0 Å². The van der Waals surface area contributed by atoms with E-state index in [2.05, 4.69) is 27.6 Å². The summed E-state index contributed by atoms with van der Waals surface area (Å²) in [6.45, 7) is 0. The topological polar surface area (TPSA) is 63.6 Å². The lowest BCUT2D eigenvalue weighted by Crippen LogP contribution is -1.94. The standard InChI is InChI=1S/C23H17N5S2/c1-3-9-16(10-4-1)21-22(26-19-14-8-7-13-18(19)25-21)29-15-20-27-28-23(30-20)24-17-11-5-2-6-12-17/h1-14H,15H2,(H,24,28). The smallest absolute Gasteiger partial charge is 0.210 e. The van der Waals surface area contributed by atoms with Gasteiger partial charge in [-0.2, -0.15) is 0 Å². The van der Waals surface area contributed by atoms with E-state index in [1.54, 1.807) is 23.1 Å². The highest BCUT2D eigenvalue weighted by atomic mass is 32.2. The van der Waals surface area contributed by atoms with Crippen molar-refractivity contribution in [2.75, 3.05) is 5.32 Å². The molecule has 0 aliphatic heterocycles. The van der Waals surface area contributed by atoms with Gasteiger partial charge in [-0.15, -0.1) is 10.2 Å². The molecule has 30 heavy (non-hydrogen) atoms. The molecule has 2 heterocycles. The summed E-state index contributed by atoms with van der Waals surface area (Å²) < 4.78 is 0. The summed E-state index contributed by atoms with van der Waals surface area (Å²) in [7, 11) is 0. The Morgan fingerprint density at radius 1 is 0.733 bits per heavy atom. The second-order valence-electron chi connectivity index (χ2n) is 6.51. The highest BCUT2D eigenvalue weighted by Gasteiger charge is 2.13. The van der Waals surface area contributed by atoms with Crippen LogP contribution in [0.4, 0.5) is 10.8 Å². The molecule has 0 atom stereocenters. The number of anilines is 2. The molecule has 5 nitrogen and oxygen atoms in total. The van der Waals surface area contributed by atoms with Crippen LogP contribution < -0.4 is 5.32 Å². The Bertz CT molecular complexity index is 1270. The Kier molecular flexibility index (Phi) is 5.37. The molecule has 7 heteroatoms. The zero-order valence-electron chi connectivity index (χ0n) is 15.9. The van der Waals surface area contributed by atoms with E-state index in [1.807, 2.05) is 72.8 Å². The summed E-state index contributed by atoms with van der Waals surface area (Å²) in [6.07, 6.45) is 0. The first-order chi connectivity index (χ1) is 14.8. The van der Waals surface area contributed by atoms with Gasteiger partial charge in [-0.25, -0.2) is 9.97 Å². The molecule has 0 unspecified atom stereocenters. The molecule has 5 rings (SSSR count). The fraction of sp³-hybridized carbons (Fsp3) is 0.0435. The average molecular weight is 428 g/mol. The maximum absolute atomic E-state index is 4.89. The molecule has 5 aromatic rings. The lowest BCUT2D eigenvalue weighted by atomic mass is 10.1. The first-order valence-corrected chi connectivity index (χ1v) is 11.2. The fourth-order valence-corrected chi connectivity index (χ4v) is 4.75.